The number of halogens is 5. The number of aromatic nitrogens is 3. The topological polar surface area (TPSA) is 101 Å². The zero-order valence-corrected chi connectivity index (χ0v) is 20.3. The Balaban J connectivity index is 1.82. The molecule has 2 aromatic heterocycles. The fourth-order valence-corrected chi connectivity index (χ4v) is 4.00. The molecule has 0 aliphatic heterocycles. The largest absolute Gasteiger partial charge is 0.449 e. The van der Waals surface area contributed by atoms with Gasteiger partial charge in [-0.05, 0) is 53.9 Å². The predicted octanol–water partition coefficient (Wildman–Crippen LogP) is 5.68. The molecular weight excluding hydrogens is 528 g/mol. The van der Waals surface area contributed by atoms with Crippen molar-refractivity contribution in [2.45, 2.75) is 26.1 Å². The van der Waals surface area contributed by atoms with E-state index in [-0.39, 0.29) is 28.4 Å². The molecule has 0 radical (unpaired) electrons. The zero-order valence-electron chi connectivity index (χ0n) is 19.6. The molecule has 0 amide bonds. The Morgan fingerprint density at radius 1 is 1.13 bits per heavy atom. The molecule has 0 unspecified atom stereocenters. The summed E-state index contributed by atoms with van der Waals surface area (Å²) < 4.78 is 60.7. The summed E-state index contributed by atoms with van der Waals surface area (Å²) in [5.41, 5.74) is -1.67. The molecule has 0 aliphatic rings. The van der Waals surface area contributed by atoms with Gasteiger partial charge in [0, 0.05) is 16.3 Å². The first-order chi connectivity index (χ1) is 18.0. The summed E-state index contributed by atoms with van der Waals surface area (Å²) in [4.78, 5) is 32.0. The molecule has 0 aliphatic carbocycles. The Bertz CT molecular complexity index is 1670. The molecule has 4 aromatic rings. The first kappa shape index (κ1) is 26.6. The van der Waals surface area contributed by atoms with Gasteiger partial charge in [0.25, 0.3) is 11.1 Å². The second-order valence-electron chi connectivity index (χ2n) is 8.12. The molecule has 12 heteroatoms. The summed E-state index contributed by atoms with van der Waals surface area (Å²) >= 11 is 5.92. The Morgan fingerprint density at radius 3 is 2.47 bits per heavy atom. The predicted molar refractivity (Wildman–Crippen MR) is 131 cm³/mol. The first-order valence-corrected chi connectivity index (χ1v) is 11.4. The third kappa shape index (κ3) is 5.60. The summed E-state index contributed by atoms with van der Waals surface area (Å²) in [6, 6.07) is 12.1. The minimum Gasteiger partial charge on any atom is -0.449 e. The summed E-state index contributed by atoms with van der Waals surface area (Å²) in [6.07, 6.45) is -3.94. The van der Waals surface area contributed by atoms with Crippen molar-refractivity contribution in [3.05, 3.63) is 109 Å². The standard InChI is InChI=1S/C26H17ClF4N4O3/c1-2-21-16(9-20(24(36)34-21)15-3-5-18(28)6-4-15)12-35-13-33-23(26(29,30)31)22(25(35)37)38-19-8-14(11-32)7-17(27)10-19/h3-10,13H,2,12H2,1H3,(H,34,36). The molecule has 38 heavy (non-hydrogen) atoms. The summed E-state index contributed by atoms with van der Waals surface area (Å²) in [6.45, 7) is 1.49. The van der Waals surface area contributed by atoms with Crippen LogP contribution in [0.15, 0.2) is 64.4 Å². The fraction of sp³-hybridized carbons (Fsp3) is 0.154. The number of alkyl halides is 3. The average Bonchev–Trinajstić information content (AvgIpc) is 2.86. The molecule has 0 spiro atoms. The third-order valence-corrected chi connectivity index (χ3v) is 5.77. The van der Waals surface area contributed by atoms with Crippen molar-refractivity contribution in [2.24, 2.45) is 0 Å². The Kier molecular flexibility index (Phi) is 7.37. The molecule has 0 saturated carbocycles. The summed E-state index contributed by atoms with van der Waals surface area (Å²) in [5.74, 6) is -1.85. The number of aryl methyl sites for hydroxylation is 1. The van der Waals surface area contributed by atoms with Crippen LogP contribution in [-0.4, -0.2) is 14.5 Å². The number of nitrogens with one attached hydrogen (secondary N) is 1. The van der Waals surface area contributed by atoms with Gasteiger partial charge in [0.2, 0.25) is 5.75 Å². The number of aromatic amines is 1. The molecule has 0 fully saturated rings. The molecule has 2 aromatic carbocycles. The second-order valence-corrected chi connectivity index (χ2v) is 8.56. The van der Waals surface area contributed by atoms with Crippen molar-refractivity contribution in [3.8, 4) is 28.7 Å². The first-order valence-electron chi connectivity index (χ1n) is 11.1. The van der Waals surface area contributed by atoms with Crippen LogP contribution in [0.5, 0.6) is 11.5 Å². The van der Waals surface area contributed by atoms with Gasteiger partial charge in [-0.15, -0.1) is 0 Å². The van der Waals surface area contributed by atoms with E-state index in [4.69, 9.17) is 21.6 Å². The minimum atomic E-state index is -5.02. The van der Waals surface area contributed by atoms with Crippen LogP contribution in [0.25, 0.3) is 11.1 Å². The van der Waals surface area contributed by atoms with E-state index in [0.717, 1.165) is 23.0 Å². The maximum atomic E-state index is 13.7. The maximum Gasteiger partial charge on any atom is 0.437 e. The van der Waals surface area contributed by atoms with Crippen LogP contribution in [0.4, 0.5) is 17.6 Å². The van der Waals surface area contributed by atoms with Crippen LogP contribution in [0, 0.1) is 17.1 Å². The number of hydrogen-bond donors (Lipinski definition) is 1. The van der Waals surface area contributed by atoms with Crippen molar-refractivity contribution in [3.63, 3.8) is 0 Å². The van der Waals surface area contributed by atoms with Gasteiger partial charge in [-0.1, -0.05) is 30.7 Å². The van der Waals surface area contributed by atoms with Crippen molar-refractivity contribution < 1.29 is 22.3 Å². The van der Waals surface area contributed by atoms with E-state index in [2.05, 4.69) is 9.97 Å². The number of H-pyrrole nitrogens is 1. The van der Waals surface area contributed by atoms with E-state index in [0.29, 0.717) is 23.2 Å². The van der Waals surface area contributed by atoms with E-state index in [1.54, 1.807) is 13.0 Å². The highest BCUT2D eigenvalue weighted by atomic mass is 35.5. The highest BCUT2D eigenvalue weighted by molar-refractivity contribution is 6.30. The SMILES string of the molecule is CCc1[nH]c(=O)c(-c2ccc(F)cc2)cc1Cn1cnc(C(F)(F)F)c(Oc2cc(Cl)cc(C#N)c2)c1=O. The van der Waals surface area contributed by atoms with E-state index in [1.807, 2.05) is 0 Å². The van der Waals surface area contributed by atoms with Crippen LogP contribution in [0.2, 0.25) is 5.02 Å². The molecule has 7 nitrogen and oxygen atoms in total. The van der Waals surface area contributed by atoms with Crippen molar-refractivity contribution in [1.82, 2.24) is 14.5 Å². The van der Waals surface area contributed by atoms with E-state index >= 15 is 0 Å². The molecule has 194 valence electrons. The number of nitriles is 1. The number of benzene rings is 2. The molecular formula is C26H17ClF4N4O3. The highest BCUT2D eigenvalue weighted by Crippen LogP contribution is 2.35. The van der Waals surface area contributed by atoms with Crippen LogP contribution in [-0.2, 0) is 19.1 Å². The lowest BCUT2D eigenvalue weighted by Gasteiger charge is -2.16. The smallest absolute Gasteiger partial charge is 0.437 e. The number of rotatable bonds is 6. The van der Waals surface area contributed by atoms with Gasteiger partial charge in [-0.25, -0.2) is 9.37 Å². The van der Waals surface area contributed by atoms with Gasteiger partial charge < -0.3 is 9.72 Å². The average molecular weight is 545 g/mol. The van der Waals surface area contributed by atoms with Gasteiger partial charge in [0.15, 0.2) is 5.69 Å². The van der Waals surface area contributed by atoms with Gasteiger partial charge in [-0.2, -0.15) is 18.4 Å². The summed E-state index contributed by atoms with van der Waals surface area (Å²) in [5, 5.41) is 9.14. The Hall–Kier alpha value is -4.43. The number of hydrogen-bond acceptors (Lipinski definition) is 5. The van der Waals surface area contributed by atoms with E-state index in [1.165, 1.54) is 36.4 Å². The van der Waals surface area contributed by atoms with Gasteiger partial charge >= 0.3 is 6.18 Å². The molecule has 0 bridgehead atoms. The minimum absolute atomic E-state index is 0.0134. The quantitative estimate of drug-likeness (QED) is 0.315. The molecule has 2 heterocycles. The van der Waals surface area contributed by atoms with Gasteiger partial charge in [0.05, 0.1) is 24.5 Å². The van der Waals surface area contributed by atoms with Crippen molar-refractivity contribution >= 4 is 11.6 Å². The van der Waals surface area contributed by atoms with E-state index in [9.17, 15) is 27.2 Å². The zero-order chi connectivity index (χ0) is 27.6. The third-order valence-electron chi connectivity index (χ3n) is 5.55. The molecule has 0 atom stereocenters. The van der Waals surface area contributed by atoms with E-state index < -0.39 is 34.6 Å². The Labute approximate surface area is 217 Å². The van der Waals surface area contributed by atoms with Gasteiger partial charge in [-0.3, -0.25) is 14.2 Å². The second kappa shape index (κ2) is 10.5. The monoisotopic (exact) mass is 544 g/mol. The fourth-order valence-electron chi connectivity index (χ4n) is 3.78. The van der Waals surface area contributed by atoms with Gasteiger partial charge in [0.1, 0.15) is 11.6 Å². The lowest BCUT2D eigenvalue weighted by Crippen LogP contribution is -2.27. The van der Waals surface area contributed by atoms with Crippen LogP contribution >= 0.6 is 11.6 Å². The number of pyridine rings is 1. The van der Waals surface area contributed by atoms with Crippen LogP contribution in [0.1, 0.15) is 29.4 Å². The van der Waals surface area contributed by atoms with Crippen molar-refractivity contribution in [1.29, 1.82) is 5.26 Å². The molecule has 0 saturated heterocycles. The van der Waals surface area contributed by atoms with Crippen molar-refractivity contribution in [2.75, 3.05) is 0 Å². The Morgan fingerprint density at radius 2 is 1.84 bits per heavy atom. The lowest BCUT2D eigenvalue weighted by molar-refractivity contribution is -0.142. The number of ether oxygens (including phenoxy) is 1. The van der Waals surface area contributed by atoms with Crippen LogP contribution < -0.4 is 15.9 Å². The summed E-state index contributed by atoms with van der Waals surface area (Å²) in [7, 11) is 0. The lowest BCUT2D eigenvalue weighted by atomic mass is 10.0. The molecule has 4 rings (SSSR count). The maximum absolute atomic E-state index is 13.7. The molecule has 1 N–H and O–H groups in total. The highest BCUT2D eigenvalue weighted by Gasteiger charge is 2.39. The normalized spacial score (nSPS) is 11.3. The van der Waals surface area contributed by atoms with Crippen LogP contribution in [0.3, 0.4) is 0 Å². The number of nitrogens with zero attached hydrogens (tertiary/aromatic N) is 3.